The summed E-state index contributed by atoms with van der Waals surface area (Å²) in [7, 11) is -4.10. The van der Waals surface area contributed by atoms with Crippen LogP contribution in [0.1, 0.15) is 5.56 Å². The van der Waals surface area contributed by atoms with Gasteiger partial charge in [-0.3, -0.25) is 4.72 Å². The lowest BCUT2D eigenvalue weighted by atomic mass is 10.2. The molecule has 18 heavy (non-hydrogen) atoms. The van der Waals surface area contributed by atoms with Crippen molar-refractivity contribution in [3.63, 3.8) is 0 Å². The van der Waals surface area contributed by atoms with Crippen LogP contribution in [0, 0.1) is 18.6 Å². The van der Waals surface area contributed by atoms with Crippen molar-refractivity contribution in [3.05, 3.63) is 40.8 Å². The molecule has 0 atom stereocenters. The highest BCUT2D eigenvalue weighted by Crippen LogP contribution is 2.22. The van der Waals surface area contributed by atoms with Crippen LogP contribution < -0.4 is 4.72 Å². The Bertz CT molecular complexity index is 669. The van der Waals surface area contributed by atoms with Crippen LogP contribution in [0.5, 0.6) is 0 Å². The van der Waals surface area contributed by atoms with Crippen LogP contribution >= 0.6 is 11.5 Å². The van der Waals surface area contributed by atoms with Crippen LogP contribution in [0.25, 0.3) is 0 Å². The Hall–Kier alpha value is -1.54. The van der Waals surface area contributed by atoms with Gasteiger partial charge in [-0.2, -0.15) is 4.37 Å². The summed E-state index contributed by atoms with van der Waals surface area (Å²) in [4.78, 5) is -0.602. The molecule has 1 N–H and O–H groups in total. The van der Waals surface area contributed by atoms with E-state index in [9.17, 15) is 17.2 Å². The number of aromatic nitrogens is 1. The molecule has 0 bridgehead atoms. The molecule has 0 unspecified atom stereocenters. The number of hydrogen-bond donors (Lipinski definition) is 1. The molecule has 96 valence electrons. The molecule has 0 amide bonds. The lowest BCUT2D eigenvalue weighted by molar-refractivity contribution is 0.539. The second kappa shape index (κ2) is 4.62. The van der Waals surface area contributed by atoms with Gasteiger partial charge in [0, 0.05) is 10.9 Å². The third kappa shape index (κ3) is 2.34. The molecular weight excluding hydrogens is 282 g/mol. The molecular formula is C10H8F2N2O2S2. The van der Waals surface area contributed by atoms with E-state index in [0.29, 0.717) is 0 Å². The van der Waals surface area contributed by atoms with Crippen molar-refractivity contribution in [2.75, 3.05) is 4.72 Å². The lowest BCUT2D eigenvalue weighted by Gasteiger charge is -2.08. The Morgan fingerprint density at radius 3 is 2.61 bits per heavy atom. The number of anilines is 1. The minimum absolute atomic E-state index is 0.0985. The van der Waals surface area contributed by atoms with Crippen LogP contribution in [0.15, 0.2) is 28.5 Å². The van der Waals surface area contributed by atoms with Crippen LogP contribution in [0.2, 0.25) is 0 Å². The summed E-state index contributed by atoms with van der Waals surface area (Å²) in [5, 5.41) is 1.57. The van der Waals surface area contributed by atoms with E-state index in [1.165, 1.54) is 13.0 Å². The fourth-order valence-corrected chi connectivity index (χ4v) is 2.97. The molecule has 1 aromatic heterocycles. The third-order valence-electron chi connectivity index (χ3n) is 2.25. The van der Waals surface area contributed by atoms with E-state index in [4.69, 9.17) is 0 Å². The van der Waals surface area contributed by atoms with Gasteiger partial charge in [0.25, 0.3) is 10.0 Å². The summed E-state index contributed by atoms with van der Waals surface area (Å²) in [5.74, 6) is -1.79. The van der Waals surface area contributed by atoms with Crippen molar-refractivity contribution in [2.45, 2.75) is 11.8 Å². The summed E-state index contributed by atoms with van der Waals surface area (Å²) >= 11 is 1.05. The second-order valence-corrected chi connectivity index (χ2v) is 5.79. The third-order valence-corrected chi connectivity index (χ3v) is 4.18. The SMILES string of the molecule is Cc1c(F)ccc(S(=O)(=O)Nc2ccsn2)c1F. The Kier molecular flexibility index (Phi) is 3.31. The molecule has 4 nitrogen and oxygen atoms in total. The second-order valence-electron chi connectivity index (χ2n) is 3.47. The maximum Gasteiger partial charge on any atom is 0.266 e. The maximum atomic E-state index is 13.7. The zero-order valence-electron chi connectivity index (χ0n) is 9.15. The van der Waals surface area contributed by atoms with Gasteiger partial charge in [-0.15, -0.1) is 0 Å². The minimum atomic E-state index is -4.10. The molecule has 2 rings (SSSR count). The quantitative estimate of drug-likeness (QED) is 0.945. The smallest absolute Gasteiger partial charge is 0.262 e. The van der Waals surface area contributed by atoms with E-state index in [0.717, 1.165) is 23.7 Å². The lowest BCUT2D eigenvalue weighted by Crippen LogP contribution is -2.15. The van der Waals surface area contributed by atoms with Gasteiger partial charge in [0.05, 0.1) is 0 Å². The van der Waals surface area contributed by atoms with Crippen molar-refractivity contribution < 1.29 is 17.2 Å². The fourth-order valence-electron chi connectivity index (χ4n) is 1.30. The standard InChI is InChI=1S/C10H8F2N2O2S2/c1-6-7(11)2-3-8(10(6)12)18(15,16)14-9-4-5-17-13-9/h2-5H,1H3,(H,13,14). The molecule has 0 aliphatic rings. The first-order chi connectivity index (χ1) is 8.42. The van der Waals surface area contributed by atoms with Gasteiger partial charge in [0.1, 0.15) is 16.5 Å². The van der Waals surface area contributed by atoms with Crippen molar-refractivity contribution in [3.8, 4) is 0 Å². The summed E-state index contributed by atoms with van der Waals surface area (Å²) in [6.07, 6.45) is 0. The van der Waals surface area contributed by atoms with Crippen LogP contribution in [-0.4, -0.2) is 12.8 Å². The van der Waals surface area contributed by atoms with Crippen molar-refractivity contribution in [1.29, 1.82) is 0 Å². The monoisotopic (exact) mass is 290 g/mol. The number of hydrogen-bond acceptors (Lipinski definition) is 4. The fraction of sp³-hybridized carbons (Fsp3) is 0.100. The highest BCUT2D eigenvalue weighted by Gasteiger charge is 2.22. The first kappa shape index (κ1) is 12.9. The number of rotatable bonds is 3. The van der Waals surface area contributed by atoms with Crippen LogP contribution in [0.3, 0.4) is 0 Å². The normalized spacial score (nSPS) is 11.5. The first-order valence-corrected chi connectivity index (χ1v) is 7.11. The number of benzene rings is 1. The molecule has 1 aromatic carbocycles. The maximum absolute atomic E-state index is 13.7. The molecule has 0 saturated heterocycles. The summed E-state index contributed by atoms with van der Waals surface area (Å²) in [6, 6.07) is 3.23. The molecule has 8 heteroatoms. The predicted octanol–water partition coefficient (Wildman–Crippen LogP) is 2.53. The average molecular weight is 290 g/mol. The molecule has 2 aromatic rings. The van der Waals surface area contributed by atoms with Crippen LogP contribution in [-0.2, 0) is 10.0 Å². The Morgan fingerprint density at radius 1 is 1.28 bits per heavy atom. The summed E-state index contributed by atoms with van der Waals surface area (Å²) in [6.45, 7) is 1.17. The molecule has 0 fully saturated rings. The zero-order chi connectivity index (χ0) is 13.3. The van der Waals surface area contributed by atoms with E-state index in [2.05, 4.69) is 9.10 Å². The topological polar surface area (TPSA) is 59.1 Å². The highest BCUT2D eigenvalue weighted by atomic mass is 32.2. The van der Waals surface area contributed by atoms with Gasteiger partial charge >= 0.3 is 0 Å². The van der Waals surface area contributed by atoms with E-state index >= 15 is 0 Å². The molecule has 0 aliphatic heterocycles. The minimum Gasteiger partial charge on any atom is -0.262 e. The van der Waals surface area contributed by atoms with E-state index in [1.807, 2.05) is 0 Å². The van der Waals surface area contributed by atoms with Crippen molar-refractivity contribution in [2.24, 2.45) is 0 Å². The highest BCUT2D eigenvalue weighted by molar-refractivity contribution is 7.92. The number of halogens is 2. The van der Waals surface area contributed by atoms with E-state index < -0.39 is 26.6 Å². The van der Waals surface area contributed by atoms with Gasteiger partial charge in [-0.05, 0) is 36.7 Å². The number of nitrogens with zero attached hydrogens (tertiary/aromatic N) is 1. The first-order valence-electron chi connectivity index (χ1n) is 4.79. The Balaban J connectivity index is 2.45. The zero-order valence-corrected chi connectivity index (χ0v) is 10.8. The largest absolute Gasteiger partial charge is 0.266 e. The van der Waals surface area contributed by atoms with Gasteiger partial charge in [-0.25, -0.2) is 17.2 Å². The molecule has 0 aliphatic carbocycles. The molecule has 0 spiro atoms. The van der Waals surface area contributed by atoms with Gasteiger partial charge < -0.3 is 0 Å². The van der Waals surface area contributed by atoms with E-state index in [1.54, 1.807) is 5.38 Å². The summed E-state index contributed by atoms with van der Waals surface area (Å²) in [5.41, 5.74) is -0.337. The molecule has 1 heterocycles. The molecule has 0 radical (unpaired) electrons. The van der Waals surface area contributed by atoms with Gasteiger partial charge in [-0.1, -0.05) is 0 Å². The number of nitrogens with one attached hydrogen (secondary N) is 1. The Labute approximate surface area is 106 Å². The number of sulfonamides is 1. The Morgan fingerprint density at radius 2 is 2.00 bits per heavy atom. The van der Waals surface area contributed by atoms with E-state index in [-0.39, 0.29) is 11.4 Å². The van der Waals surface area contributed by atoms with Crippen molar-refractivity contribution >= 4 is 27.4 Å². The van der Waals surface area contributed by atoms with Gasteiger partial charge in [0.15, 0.2) is 5.82 Å². The predicted molar refractivity (Wildman–Crippen MR) is 64.0 cm³/mol. The molecule has 0 saturated carbocycles. The van der Waals surface area contributed by atoms with Crippen molar-refractivity contribution in [1.82, 2.24) is 4.37 Å². The average Bonchev–Trinajstić information content (AvgIpc) is 2.77. The van der Waals surface area contributed by atoms with Gasteiger partial charge in [0.2, 0.25) is 0 Å². The summed E-state index contributed by atoms with van der Waals surface area (Å²) < 4.78 is 56.4. The van der Waals surface area contributed by atoms with Crippen LogP contribution in [0.4, 0.5) is 14.6 Å².